The van der Waals surface area contributed by atoms with Crippen molar-refractivity contribution in [1.29, 1.82) is 0 Å². The predicted octanol–water partition coefficient (Wildman–Crippen LogP) is 2.75. The molecule has 1 aromatic carbocycles. The number of nitrogens with zero attached hydrogens (tertiary/aromatic N) is 1. The van der Waals surface area contributed by atoms with E-state index in [9.17, 15) is 4.79 Å². The molecule has 0 aliphatic carbocycles. The second-order valence-corrected chi connectivity index (χ2v) is 5.36. The highest BCUT2D eigenvalue weighted by atomic mass is 79.9. The van der Waals surface area contributed by atoms with Crippen LogP contribution in [0.3, 0.4) is 0 Å². The Morgan fingerprint density at radius 3 is 2.86 bits per heavy atom. The van der Waals surface area contributed by atoms with E-state index in [-0.39, 0.29) is 12.3 Å². The number of amides is 1. The Hall–Kier alpha value is -1.92. The monoisotopic (exact) mass is 349 g/mol. The van der Waals surface area contributed by atoms with Crippen molar-refractivity contribution in [2.75, 3.05) is 18.2 Å². The van der Waals surface area contributed by atoms with Gasteiger partial charge in [-0.15, -0.1) is 0 Å². The number of nitrogen functional groups attached to an aromatic ring is 1. The Morgan fingerprint density at radius 1 is 1.38 bits per heavy atom. The van der Waals surface area contributed by atoms with Crippen molar-refractivity contribution in [3.8, 4) is 0 Å². The summed E-state index contributed by atoms with van der Waals surface area (Å²) in [6, 6.07) is 9.08. The van der Waals surface area contributed by atoms with E-state index in [1.54, 1.807) is 19.2 Å². The molecular formula is C15H16BrN3O2. The van der Waals surface area contributed by atoms with Gasteiger partial charge < -0.3 is 15.8 Å². The summed E-state index contributed by atoms with van der Waals surface area (Å²) in [5, 5.41) is 2.88. The topological polar surface area (TPSA) is 77.2 Å². The average Bonchev–Trinajstić information content (AvgIpc) is 2.45. The number of carbonyl (C=O) groups excluding carboxylic acids is 1. The number of hydrogen-bond donors (Lipinski definition) is 2. The van der Waals surface area contributed by atoms with Gasteiger partial charge in [0.15, 0.2) is 0 Å². The molecule has 0 saturated heterocycles. The normalized spacial score (nSPS) is 10.4. The van der Waals surface area contributed by atoms with Gasteiger partial charge in [-0.1, -0.05) is 22.0 Å². The number of benzene rings is 1. The molecule has 21 heavy (non-hydrogen) atoms. The van der Waals surface area contributed by atoms with Crippen LogP contribution in [0.15, 0.2) is 41.0 Å². The van der Waals surface area contributed by atoms with Gasteiger partial charge in [-0.05, 0) is 24.3 Å². The molecule has 1 heterocycles. The molecule has 2 rings (SSSR count). The summed E-state index contributed by atoms with van der Waals surface area (Å²) in [5.74, 6) is -0.136. The van der Waals surface area contributed by atoms with E-state index >= 15 is 0 Å². The van der Waals surface area contributed by atoms with Crippen LogP contribution in [0.2, 0.25) is 0 Å². The highest BCUT2D eigenvalue weighted by molar-refractivity contribution is 9.10. The number of aromatic nitrogens is 1. The van der Waals surface area contributed by atoms with Gasteiger partial charge in [0, 0.05) is 28.5 Å². The van der Waals surface area contributed by atoms with E-state index in [0.29, 0.717) is 18.0 Å². The van der Waals surface area contributed by atoms with Crippen LogP contribution in [0.1, 0.15) is 11.3 Å². The van der Waals surface area contributed by atoms with Crippen molar-refractivity contribution in [3.05, 3.63) is 52.3 Å². The number of anilines is 2. The van der Waals surface area contributed by atoms with Gasteiger partial charge in [-0.25, -0.2) is 0 Å². The molecule has 0 unspecified atom stereocenters. The lowest BCUT2D eigenvalue weighted by Gasteiger charge is -2.12. The van der Waals surface area contributed by atoms with Gasteiger partial charge >= 0.3 is 0 Å². The zero-order chi connectivity index (χ0) is 15.2. The minimum atomic E-state index is -0.136. The van der Waals surface area contributed by atoms with Crippen molar-refractivity contribution in [3.63, 3.8) is 0 Å². The molecule has 0 spiro atoms. The largest absolute Gasteiger partial charge is 0.397 e. The van der Waals surface area contributed by atoms with Crippen molar-refractivity contribution in [1.82, 2.24) is 4.98 Å². The molecule has 0 aliphatic rings. The molecule has 110 valence electrons. The van der Waals surface area contributed by atoms with Gasteiger partial charge in [-0.2, -0.15) is 0 Å². The third-order valence-corrected chi connectivity index (χ3v) is 3.61. The third-order valence-electron chi connectivity index (χ3n) is 2.87. The van der Waals surface area contributed by atoms with Crippen LogP contribution >= 0.6 is 15.9 Å². The predicted molar refractivity (Wildman–Crippen MR) is 85.8 cm³/mol. The lowest BCUT2D eigenvalue weighted by atomic mass is 10.1. The summed E-state index contributed by atoms with van der Waals surface area (Å²) in [7, 11) is 1.61. The van der Waals surface area contributed by atoms with Crippen molar-refractivity contribution in [2.24, 2.45) is 0 Å². The molecular weight excluding hydrogens is 334 g/mol. The number of pyridine rings is 1. The first kappa shape index (κ1) is 15.5. The summed E-state index contributed by atoms with van der Waals surface area (Å²) in [6.45, 7) is 0.414. The van der Waals surface area contributed by atoms with E-state index in [2.05, 4.69) is 26.2 Å². The van der Waals surface area contributed by atoms with Gasteiger partial charge in [0.05, 0.1) is 24.9 Å². The van der Waals surface area contributed by atoms with Crippen LogP contribution in [0.4, 0.5) is 11.4 Å². The van der Waals surface area contributed by atoms with E-state index in [1.807, 2.05) is 18.2 Å². The Kier molecular flexibility index (Phi) is 5.30. The first-order valence-corrected chi connectivity index (χ1v) is 7.16. The molecule has 0 atom stereocenters. The first-order valence-electron chi connectivity index (χ1n) is 6.36. The minimum Gasteiger partial charge on any atom is -0.397 e. The molecule has 0 bridgehead atoms. The van der Waals surface area contributed by atoms with Gasteiger partial charge in [0.25, 0.3) is 0 Å². The number of nitrogens with two attached hydrogens (primary N) is 1. The zero-order valence-electron chi connectivity index (χ0n) is 11.6. The zero-order valence-corrected chi connectivity index (χ0v) is 13.2. The second kappa shape index (κ2) is 7.19. The number of ether oxygens (including phenoxy) is 1. The molecule has 3 N–H and O–H groups in total. The van der Waals surface area contributed by atoms with Crippen LogP contribution in [0.25, 0.3) is 0 Å². The van der Waals surface area contributed by atoms with Crippen LogP contribution in [0.5, 0.6) is 0 Å². The molecule has 2 aromatic rings. The smallest absolute Gasteiger partial charge is 0.230 e. The molecule has 0 aliphatic heterocycles. The number of rotatable bonds is 5. The molecule has 0 saturated carbocycles. The lowest BCUT2D eigenvalue weighted by molar-refractivity contribution is -0.115. The Labute approximate surface area is 131 Å². The summed E-state index contributed by atoms with van der Waals surface area (Å²) in [4.78, 5) is 16.2. The number of hydrogen-bond acceptors (Lipinski definition) is 4. The van der Waals surface area contributed by atoms with Gasteiger partial charge in [-0.3, -0.25) is 9.78 Å². The summed E-state index contributed by atoms with van der Waals surface area (Å²) in [5.41, 5.74) is 8.45. The Bertz CT molecular complexity index is 629. The van der Waals surface area contributed by atoms with Crippen molar-refractivity contribution < 1.29 is 9.53 Å². The minimum absolute atomic E-state index is 0.136. The summed E-state index contributed by atoms with van der Waals surface area (Å²) in [6.07, 6.45) is 1.73. The first-order chi connectivity index (χ1) is 10.1. The molecule has 1 amide bonds. The second-order valence-electron chi connectivity index (χ2n) is 4.51. The lowest BCUT2D eigenvalue weighted by Crippen LogP contribution is -2.16. The highest BCUT2D eigenvalue weighted by Crippen LogP contribution is 2.25. The summed E-state index contributed by atoms with van der Waals surface area (Å²) < 4.78 is 6.05. The molecule has 6 heteroatoms. The highest BCUT2D eigenvalue weighted by Gasteiger charge is 2.10. The fraction of sp³-hybridized carbons (Fsp3) is 0.200. The Balaban J connectivity index is 2.09. The van der Waals surface area contributed by atoms with E-state index in [4.69, 9.17) is 10.5 Å². The van der Waals surface area contributed by atoms with E-state index < -0.39 is 0 Å². The maximum atomic E-state index is 12.1. The number of carbonyl (C=O) groups is 1. The molecule has 5 nitrogen and oxygen atoms in total. The van der Waals surface area contributed by atoms with E-state index in [1.165, 1.54) is 6.20 Å². The van der Waals surface area contributed by atoms with Gasteiger partial charge in [0.1, 0.15) is 0 Å². The maximum Gasteiger partial charge on any atom is 0.230 e. The van der Waals surface area contributed by atoms with Gasteiger partial charge in [0.2, 0.25) is 5.91 Å². The average molecular weight is 350 g/mol. The van der Waals surface area contributed by atoms with Crippen molar-refractivity contribution >= 4 is 33.2 Å². The van der Waals surface area contributed by atoms with Crippen LogP contribution < -0.4 is 11.1 Å². The third kappa shape index (κ3) is 4.27. The fourth-order valence-corrected chi connectivity index (χ4v) is 2.35. The SMILES string of the molecule is COCc1c(Br)cccc1NC(=O)Cc1ccc(N)cn1. The number of nitrogens with one attached hydrogen (secondary N) is 1. The van der Waals surface area contributed by atoms with E-state index in [0.717, 1.165) is 15.7 Å². The fourth-order valence-electron chi connectivity index (χ4n) is 1.87. The number of halogens is 1. The number of methoxy groups -OCH3 is 1. The molecule has 0 fully saturated rings. The molecule has 1 aromatic heterocycles. The Morgan fingerprint density at radius 2 is 2.19 bits per heavy atom. The maximum absolute atomic E-state index is 12.1. The quantitative estimate of drug-likeness (QED) is 0.869. The molecule has 0 radical (unpaired) electrons. The van der Waals surface area contributed by atoms with Crippen LogP contribution in [-0.4, -0.2) is 18.0 Å². The van der Waals surface area contributed by atoms with Crippen LogP contribution in [-0.2, 0) is 22.6 Å². The summed E-state index contributed by atoms with van der Waals surface area (Å²) >= 11 is 3.46. The van der Waals surface area contributed by atoms with Crippen molar-refractivity contribution in [2.45, 2.75) is 13.0 Å². The van der Waals surface area contributed by atoms with Crippen LogP contribution in [0, 0.1) is 0 Å². The standard InChI is InChI=1S/C15H16BrN3O2/c1-21-9-12-13(16)3-2-4-14(12)19-15(20)7-11-6-5-10(17)8-18-11/h2-6,8H,7,9,17H2,1H3,(H,19,20).